The molecule has 0 heterocycles. The van der Waals surface area contributed by atoms with Crippen LogP contribution >= 0.6 is 31.9 Å². The van der Waals surface area contributed by atoms with E-state index in [9.17, 15) is 0 Å². The van der Waals surface area contributed by atoms with Crippen LogP contribution < -0.4 is 0 Å². The van der Waals surface area contributed by atoms with Gasteiger partial charge < -0.3 is 9.84 Å². The highest BCUT2D eigenvalue weighted by Crippen LogP contribution is 2.07. The van der Waals surface area contributed by atoms with Gasteiger partial charge in [-0.15, -0.1) is 0 Å². The topological polar surface area (TPSA) is 29.5 Å². The molecule has 0 spiro atoms. The van der Waals surface area contributed by atoms with Gasteiger partial charge in [-0.1, -0.05) is 31.9 Å². The van der Waals surface area contributed by atoms with E-state index in [1.54, 1.807) is 6.92 Å². The van der Waals surface area contributed by atoms with E-state index in [2.05, 4.69) is 31.9 Å². The third-order valence-electron chi connectivity index (χ3n) is 0.463. The normalized spacial score (nSPS) is 14.6. The summed E-state index contributed by atoms with van der Waals surface area (Å²) in [5.74, 6) is 0. The van der Waals surface area contributed by atoms with Crippen molar-refractivity contribution >= 4 is 31.9 Å². The van der Waals surface area contributed by atoms with E-state index in [1.807, 2.05) is 0 Å². The second-order valence-corrected chi connectivity index (χ2v) is 4.76. The van der Waals surface area contributed by atoms with E-state index in [0.29, 0.717) is 6.61 Å². The van der Waals surface area contributed by atoms with Crippen LogP contribution in [0.25, 0.3) is 0 Å². The number of alkyl halides is 2. The van der Waals surface area contributed by atoms with Crippen LogP contribution in [0, 0.1) is 0 Å². The van der Waals surface area contributed by atoms with Crippen LogP contribution in [0.4, 0.5) is 0 Å². The maximum absolute atomic E-state index is 8.54. The number of rotatable bonds is 3. The van der Waals surface area contributed by atoms with Crippen molar-refractivity contribution in [3.05, 3.63) is 0 Å². The van der Waals surface area contributed by atoms with Gasteiger partial charge in [0.1, 0.15) is 0 Å². The Balaban J connectivity index is 2.93. The molecule has 0 amide bonds. The van der Waals surface area contributed by atoms with Gasteiger partial charge in [-0.2, -0.15) is 0 Å². The minimum absolute atomic E-state index is 0.129. The molecule has 2 nitrogen and oxygen atoms in total. The molecule has 0 aliphatic carbocycles. The van der Waals surface area contributed by atoms with Crippen molar-refractivity contribution in [3.8, 4) is 0 Å². The Morgan fingerprint density at radius 3 is 2.25 bits per heavy atom. The Kier molecular flexibility index (Phi) is 5.25. The summed E-state index contributed by atoms with van der Waals surface area (Å²) in [5, 5.41) is 8.54. The number of aliphatic hydroxyl groups is 1. The summed E-state index contributed by atoms with van der Waals surface area (Å²) >= 11 is 6.37. The lowest BCUT2D eigenvalue weighted by molar-refractivity contribution is -0.0800. The van der Waals surface area contributed by atoms with Crippen molar-refractivity contribution in [1.82, 2.24) is 0 Å². The molecule has 0 aromatic rings. The van der Waals surface area contributed by atoms with Crippen LogP contribution in [0.1, 0.15) is 6.92 Å². The molecule has 0 radical (unpaired) electrons. The SMILES string of the molecule is CC(O)OCC(Br)Br. The Labute approximate surface area is 65.5 Å². The summed E-state index contributed by atoms with van der Waals surface area (Å²) in [6.07, 6.45) is -0.674. The van der Waals surface area contributed by atoms with Crippen LogP contribution in [0.5, 0.6) is 0 Å². The molecule has 0 saturated carbocycles. The average molecular weight is 248 g/mol. The van der Waals surface area contributed by atoms with Crippen LogP contribution in [0.2, 0.25) is 0 Å². The van der Waals surface area contributed by atoms with Gasteiger partial charge in [0.2, 0.25) is 0 Å². The molecule has 0 aliphatic heterocycles. The fourth-order valence-corrected chi connectivity index (χ4v) is 0.517. The molecule has 8 heavy (non-hydrogen) atoms. The van der Waals surface area contributed by atoms with Crippen molar-refractivity contribution in [2.45, 2.75) is 17.0 Å². The van der Waals surface area contributed by atoms with Crippen molar-refractivity contribution in [1.29, 1.82) is 0 Å². The van der Waals surface area contributed by atoms with Crippen LogP contribution in [0.3, 0.4) is 0 Å². The Morgan fingerprint density at radius 2 is 2.12 bits per heavy atom. The quantitative estimate of drug-likeness (QED) is 0.605. The van der Waals surface area contributed by atoms with Gasteiger partial charge in [0.05, 0.1) is 10.3 Å². The van der Waals surface area contributed by atoms with Gasteiger partial charge in [-0.3, -0.25) is 0 Å². The number of aliphatic hydroxyl groups excluding tert-OH is 1. The van der Waals surface area contributed by atoms with E-state index in [0.717, 1.165) is 0 Å². The Hall–Kier alpha value is 0.880. The molecule has 1 atom stereocenters. The first-order chi connectivity index (χ1) is 3.63. The molecule has 0 fully saturated rings. The summed E-state index contributed by atoms with van der Waals surface area (Å²) < 4.78 is 4.89. The zero-order valence-corrected chi connectivity index (χ0v) is 7.65. The molecule has 0 saturated heterocycles. The second-order valence-electron chi connectivity index (χ2n) is 1.32. The molecule has 0 bridgehead atoms. The lowest BCUT2D eigenvalue weighted by Crippen LogP contribution is -2.10. The maximum Gasteiger partial charge on any atom is 0.151 e. The first kappa shape index (κ1) is 8.88. The monoisotopic (exact) mass is 246 g/mol. The van der Waals surface area contributed by atoms with Gasteiger partial charge in [-0.05, 0) is 6.92 Å². The minimum Gasteiger partial charge on any atom is -0.368 e. The van der Waals surface area contributed by atoms with Crippen molar-refractivity contribution in [2.75, 3.05) is 6.61 Å². The van der Waals surface area contributed by atoms with Gasteiger partial charge in [0.15, 0.2) is 6.29 Å². The summed E-state index contributed by atoms with van der Waals surface area (Å²) in [6, 6.07) is 0. The number of hydrogen-bond donors (Lipinski definition) is 1. The summed E-state index contributed by atoms with van der Waals surface area (Å²) in [6.45, 7) is 2.04. The van der Waals surface area contributed by atoms with Gasteiger partial charge in [-0.25, -0.2) is 0 Å². The minimum atomic E-state index is -0.674. The standard InChI is InChI=1S/C4H8Br2O2/c1-3(7)8-2-4(5)6/h3-4,7H,2H2,1H3. The third kappa shape index (κ3) is 6.88. The molecular weight excluding hydrogens is 240 g/mol. The van der Waals surface area contributed by atoms with E-state index in [4.69, 9.17) is 9.84 Å². The zero-order valence-electron chi connectivity index (χ0n) is 4.47. The van der Waals surface area contributed by atoms with Crippen molar-refractivity contribution in [3.63, 3.8) is 0 Å². The highest BCUT2D eigenvalue weighted by Gasteiger charge is 1.99. The third-order valence-corrected chi connectivity index (χ3v) is 0.992. The number of hydrogen-bond acceptors (Lipinski definition) is 2. The molecule has 0 rings (SSSR count). The smallest absolute Gasteiger partial charge is 0.151 e. The molecule has 1 unspecified atom stereocenters. The molecule has 4 heteroatoms. The molecule has 50 valence electrons. The van der Waals surface area contributed by atoms with Crippen molar-refractivity contribution < 1.29 is 9.84 Å². The van der Waals surface area contributed by atoms with Crippen LogP contribution in [-0.2, 0) is 4.74 Å². The van der Waals surface area contributed by atoms with Gasteiger partial charge in [0.25, 0.3) is 0 Å². The van der Waals surface area contributed by atoms with Crippen molar-refractivity contribution in [2.24, 2.45) is 0 Å². The summed E-state index contributed by atoms with van der Waals surface area (Å²) in [4.78, 5) is 0. The summed E-state index contributed by atoms with van der Waals surface area (Å²) in [7, 11) is 0. The first-order valence-electron chi connectivity index (χ1n) is 2.20. The van der Waals surface area contributed by atoms with Crippen LogP contribution in [-0.4, -0.2) is 21.7 Å². The first-order valence-corrected chi connectivity index (χ1v) is 4.04. The molecular formula is C4H8Br2O2. The largest absolute Gasteiger partial charge is 0.368 e. The van der Waals surface area contributed by atoms with Gasteiger partial charge >= 0.3 is 0 Å². The van der Waals surface area contributed by atoms with E-state index in [1.165, 1.54) is 0 Å². The van der Waals surface area contributed by atoms with Crippen LogP contribution in [0.15, 0.2) is 0 Å². The number of ether oxygens (including phenoxy) is 1. The highest BCUT2D eigenvalue weighted by atomic mass is 79.9. The average Bonchev–Trinajstić information content (AvgIpc) is 1.61. The summed E-state index contributed by atoms with van der Waals surface area (Å²) in [5.41, 5.74) is 0. The van der Waals surface area contributed by atoms with E-state index in [-0.39, 0.29) is 3.74 Å². The molecule has 0 aliphatic rings. The maximum atomic E-state index is 8.54. The predicted octanol–water partition coefficient (Wildman–Crippen LogP) is 1.46. The molecule has 0 aromatic heterocycles. The lowest BCUT2D eigenvalue weighted by atomic mass is 10.7. The molecule has 1 N–H and O–H groups in total. The predicted molar refractivity (Wildman–Crippen MR) is 39.3 cm³/mol. The number of halogens is 2. The molecule has 0 aromatic carbocycles. The second kappa shape index (κ2) is 4.73. The lowest BCUT2D eigenvalue weighted by Gasteiger charge is -2.05. The van der Waals surface area contributed by atoms with E-state index < -0.39 is 6.29 Å². The Bertz CT molecular complexity index is 48.0. The van der Waals surface area contributed by atoms with E-state index >= 15 is 0 Å². The fraction of sp³-hybridized carbons (Fsp3) is 1.00. The zero-order chi connectivity index (χ0) is 6.57. The highest BCUT2D eigenvalue weighted by molar-refractivity contribution is 9.24. The Morgan fingerprint density at radius 1 is 1.62 bits per heavy atom. The van der Waals surface area contributed by atoms with Gasteiger partial charge in [0, 0.05) is 0 Å². The fourth-order valence-electron chi connectivity index (χ4n) is 0.212.